The first-order chi connectivity index (χ1) is 9.49. The van der Waals surface area contributed by atoms with E-state index in [1.807, 2.05) is 0 Å². The predicted molar refractivity (Wildman–Crippen MR) is 62.9 cm³/mol. The predicted octanol–water partition coefficient (Wildman–Crippen LogP) is 2.50. The van der Waals surface area contributed by atoms with E-state index in [9.17, 15) is 18.0 Å². The molecular formula is C12H10F3N3O2. The smallest absolute Gasteiger partial charge is 0.435 e. The Hall–Kier alpha value is -2.38. The Morgan fingerprint density at radius 1 is 1.35 bits per heavy atom. The number of nitrogens with zero attached hydrogens (tertiary/aromatic N) is 3. The van der Waals surface area contributed by atoms with Crippen LogP contribution in [0.15, 0.2) is 24.3 Å². The average Bonchev–Trinajstić information content (AvgIpc) is 2.83. The molecule has 0 radical (unpaired) electrons. The molecule has 0 unspecified atom stereocenters. The van der Waals surface area contributed by atoms with Gasteiger partial charge in [-0.3, -0.25) is 4.79 Å². The summed E-state index contributed by atoms with van der Waals surface area (Å²) in [5.41, 5.74) is -1.91. The van der Waals surface area contributed by atoms with E-state index in [2.05, 4.69) is 10.3 Å². The minimum absolute atomic E-state index is 0.0234. The maximum Gasteiger partial charge on any atom is 0.435 e. The number of carbonyl (C=O) groups excluding carboxylic acids is 1. The fraction of sp³-hybridized carbons (Fsp3) is 0.250. The molecule has 0 saturated heterocycles. The van der Waals surface area contributed by atoms with E-state index in [0.29, 0.717) is 4.68 Å². The number of aldehydes is 1. The van der Waals surface area contributed by atoms with Gasteiger partial charge in [0, 0.05) is 0 Å². The molecule has 0 bridgehead atoms. The van der Waals surface area contributed by atoms with E-state index >= 15 is 0 Å². The molecule has 0 aliphatic heterocycles. The largest absolute Gasteiger partial charge is 0.492 e. The topological polar surface area (TPSA) is 57.0 Å². The first-order valence-electron chi connectivity index (χ1n) is 5.69. The number of carbonyl (C=O) groups is 1. The Kier molecular flexibility index (Phi) is 3.73. The van der Waals surface area contributed by atoms with E-state index in [-0.39, 0.29) is 24.3 Å². The molecule has 0 N–H and O–H groups in total. The number of hydrogen-bond acceptors (Lipinski definition) is 4. The zero-order valence-electron chi connectivity index (χ0n) is 10.4. The number of rotatable bonds is 4. The third-order valence-electron chi connectivity index (χ3n) is 2.47. The molecule has 8 heteroatoms. The van der Waals surface area contributed by atoms with Gasteiger partial charge in [-0.15, -0.1) is 5.10 Å². The minimum Gasteiger partial charge on any atom is -0.492 e. The Morgan fingerprint density at radius 2 is 2.05 bits per heavy atom. The van der Waals surface area contributed by atoms with E-state index in [0.717, 1.165) is 0 Å². The van der Waals surface area contributed by atoms with Crippen molar-refractivity contribution >= 4 is 6.29 Å². The van der Waals surface area contributed by atoms with Crippen molar-refractivity contribution in [1.29, 1.82) is 0 Å². The van der Waals surface area contributed by atoms with Crippen molar-refractivity contribution < 1.29 is 22.7 Å². The zero-order valence-corrected chi connectivity index (χ0v) is 10.4. The molecule has 0 amide bonds. The number of ether oxygens (including phenoxy) is 1. The van der Waals surface area contributed by atoms with E-state index in [1.54, 1.807) is 19.1 Å². The van der Waals surface area contributed by atoms with E-state index in [1.165, 1.54) is 12.1 Å². The van der Waals surface area contributed by atoms with Crippen LogP contribution in [0, 0.1) is 0 Å². The quantitative estimate of drug-likeness (QED) is 0.810. The van der Waals surface area contributed by atoms with Crippen LogP contribution in [0.3, 0.4) is 0 Å². The first-order valence-corrected chi connectivity index (χ1v) is 5.69. The molecule has 20 heavy (non-hydrogen) atoms. The molecule has 5 nitrogen and oxygen atoms in total. The van der Waals surface area contributed by atoms with Gasteiger partial charge < -0.3 is 4.74 Å². The van der Waals surface area contributed by atoms with Crippen molar-refractivity contribution in [2.45, 2.75) is 13.1 Å². The number of alkyl halides is 3. The average molecular weight is 285 g/mol. The van der Waals surface area contributed by atoms with Crippen molar-refractivity contribution in [3.63, 3.8) is 0 Å². The van der Waals surface area contributed by atoms with Crippen LogP contribution in [0.25, 0.3) is 5.69 Å². The number of para-hydroxylation sites is 2. The summed E-state index contributed by atoms with van der Waals surface area (Å²) >= 11 is 0. The Balaban J connectivity index is 2.65. The molecule has 2 aromatic rings. The van der Waals surface area contributed by atoms with Crippen LogP contribution in [0.2, 0.25) is 0 Å². The number of benzene rings is 1. The van der Waals surface area contributed by atoms with E-state index < -0.39 is 17.6 Å². The molecule has 106 valence electrons. The lowest BCUT2D eigenvalue weighted by Crippen LogP contribution is -2.16. The SMILES string of the molecule is CCOc1ccccc1-n1nnc(C=O)c1C(F)(F)F. The summed E-state index contributed by atoms with van der Waals surface area (Å²) in [6.45, 7) is 1.99. The lowest BCUT2D eigenvalue weighted by atomic mass is 10.2. The van der Waals surface area contributed by atoms with Crippen LogP contribution in [0.1, 0.15) is 23.1 Å². The molecular weight excluding hydrogens is 275 g/mol. The highest BCUT2D eigenvalue weighted by molar-refractivity contribution is 5.74. The summed E-state index contributed by atoms with van der Waals surface area (Å²) in [5.74, 6) is 0.225. The summed E-state index contributed by atoms with van der Waals surface area (Å²) in [6, 6.07) is 6.09. The monoisotopic (exact) mass is 285 g/mol. The summed E-state index contributed by atoms with van der Waals surface area (Å²) in [5, 5.41) is 6.65. The van der Waals surface area contributed by atoms with Crippen molar-refractivity contribution in [1.82, 2.24) is 15.0 Å². The van der Waals surface area contributed by atoms with Gasteiger partial charge in [0.2, 0.25) is 0 Å². The van der Waals surface area contributed by atoms with Crippen molar-refractivity contribution in [3.05, 3.63) is 35.7 Å². The highest BCUT2D eigenvalue weighted by Crippen LogP contribution is 2.34. The van der Waals surface area contributed by atoms with Gasteiger partial charge in [0.25, 0.3) is 0 Å². The lowest BCUT2D eigenvalue weighted by molar-refractivity contribution is -0.143. The third-order valence-corrected chi connectivity index (χ3v) is 2.47. The second-order valence-corrected chi connectivity index (χ2v) is 3.75. The van der Waals surface area contributed by atoms with Gasteiger partial charge in [0.1, 0.15) is 11.4 Å². The van der Waals surface area contributed by atoms with Crippen LogP contribution in [-0.2, 0) is 6.18 Å². The summed E-state index contributed by atoms with van der Waals surface area (Å²) in [4.78, 5) is 10.7. The summed E-state index contributed by atoms with van der Waals surface area (Å²) < 4.78 is 44.9. The van der Waals surface area contributed by atoms with E-state index in [4.69, 9.17) is 4.74 Å². The number of halogens is 3. The van der Waals surface area contributed by atoms with Crippen LogP contribution in [0.5, 0.6) is 5.75 Å². The molecule has 1 aromatic heterocycles. The van der Waals surface area contributed by atoms with Crippen molar-refractivity contribution in [2.24, 2.45) is 0 Å². The second kappa shape index (κ2) is 5.32. The molecule has 1 aromatic carbocycles. The van der Waals surface area contributed by atoms with Gasteiger partial charge >= 0.3 is 6.18 Å². The lowest BCUT2D eigenvalue weighted by Gasteiger charge is -2.13. The van der Waals surface area contributed by atoms with Crippen molar-refractivity contribution in [2.75, 3.05) is 6.61 Å². The van der Waals surface area contributed by atoms with Crippen LogP contribution in [0.4, 0.5) is 13.2 Å². The summed E-state index contributed by atoms with van der Waals surface area (Å²) in [7, 11) is 0. The van der Waals surface area contributed by atoms with Gasteiger partial charge in [0.15, 0.2) is 17.7 Å². The van der Waals surface area contributed by atoms with Crippen LogP contribution in [-0.4, -0.2) is 27.9 Å². The molecule has 0 fully saturated rings. The molecule has 2 rings (SSSR count). The van der Waals surface area contributed by atoms with Gasteiger partial charge in [0.05, 0.1) is 6.61 Å². The molecule has 0 saturated carbocycles. The standard InChI is InChI=1S/C12H10F3N3O2/c1-2-20-10-6-4-3-5-9(10)18-11(12(13,14)15)8(7-19)16-17-18/h3-7H,2H2,1H3. The number of aromatic nitrogens is 3. The molecule has 0 aliphatic carbocycles. The summed E-state index contributed by atoms with van der Waals surface area (Å²) in [6.07, 6.45) is -4.73. The van der Waals surface area contributed by atoms with Crippen LogP contribution < -0.4 is 4.74 Å². The fourth-order valence-corrected chi connectivity index (χ4v) is 1.72. The zero-order chi connectivity index (χ0) is 14.8. The van der Waals surface area contributed by atoms with Gasteiger partial charge in [-0.2, -0.15) is 13.2 Å². The van der Waals surface area contributed by atoms with Gasteiger partial charge in [-0.25, -0.2) is 4.68 Å². The van der Waals surface area contributed by atoms with Crippen molar-refractivity contribution in [3.8, 4) is 11.4 Å². The van der Waals surface area contributed by atoms with Gasteiger partial charge in [-0.05, 0) is 19.1 Å². The molecule has 0 atom stereocenters. The normalized spacial score (nSPS) is 11.4. The highest BCUT2D eigenvalue weighted by Gasteiger charge is 2.40. The molecule has 1 heterocycles. The fourth-order valence-electron chi connectivity index (χ4n) is 1.72. The minimum atomic E-state index is -4.75. The Bertz CT molecular complexity index is 623. The highest BCUT2D eigenvalue weighted by atomic mass is 19.4. The second-order valence-electron chi connectivity index (χ2n) is 3.75. The van der Waals surface area contributed by atoms with Gasteiger partial charge in [-0.1, -0.05) is 17.3 Å². The molecule has 0 spiro atoms. The van der Waals surface area contributed by atoms with Crippen LogP contribution >= 0.6 is 0 Å². The Morgan fingerprint density at radius 3 is 2.65 bits per heavy atom. The maximum atomic E-state index is 13.0. The first kappa shape index (κ1) is 14.0. The third kappa shape index (κ3) is 2.49. The Labute approximate surface area is 112 Å². The number of hydrogen-bond donors (Lipinski definition) is 0. The molecule has 0 aliphatic rings. The maximum absolute atomic E-state index is 13.0.